The van der Waals surface area contributed by atoms with Gasteiger partial charge in [0.15, 0.2) is 5.16 Å². The lowest BCUT2D eigenvalue weighted by atomic mass is 10.2. The smallest absolute Gasteiger partial charge is 0.251 e. The number of nitrogens with two attached hydrogens (primary N) is 1. The predicted octanol–water partition coefficient (Wildman–Crippen LogP) is 0.668. The van der Waals surface area contributed by atoms with Crippen LogP contribution in [0, 0.1) is 0 Å². The van der Waals surface area contributed by atoms with E-state index >= 15 is 0 Å². The minimum Gasteiger partial charge on any atom is -0.368 e. The molecule has 1 atom stereocenters. The number of aromatic nitrogens is 2. The molecule has 0 aliphatic carbocycles. The molecule has 0 aromatic carbocycles. The monoisotopic (exact) mass is 298 g/mol. The molecule has 1 unspecified atom stereocenters. The summed E-state index contributed by atoms with van der Waals surface area (Å²) in [5.74, 6) is 0.0615. The molecule has 112 valence electrons. The van der Waals surface area contributed by atoms with Crippen LogP contribution in [-0.4, -0.2) is 34.2 Å². The van der Waals surface area contributed by atoms with Gasteiger partial charge in [0.1, 0.15) is 0 Å². The Morgan fingerprint density at radius 2 is 2.25 bits per heavy atom. The molecule has 0 saturated carbocycles. The molecule has 1 aromatic heterocycles. The number of nitrogens with zero attached hydrogens (tertiary/aromatic N) is 1. The number of thioether (sulfide) groups is 1. The second kappa shape index (κ2) is 8.76. The van der Waals surface area contributed by atoms with Crippen molar-refractivity contribution < 1.29 is 4.79 Å². The Balaban J connectivity index is 2.67. The van der Waals surface area contributed by atoms with Crippen LogP contribution in [0.3, 0.4) is 0 Å². The topological polar surface area (TPSA) is 101 Å². The van der Waals surface area contributed by atoms with Gasteiger partial charge in [0.05, 0.1) is 6.04 Å². The van der Waals surface area contributed by atoms with Gasteiger partial charge >= 0.3 is 0 Å². The molecule has 4 N–H and O–H groups in total. The molecule has 0 spiro atoms. The van der Waals surface area contributed by atoms with E-state index in [9.17, 15) is 9.59 Å². The molecule has 0 bridgehead atoms. The van der Waals surface area contributed by atoms with Crippen LogP contribution >= 0.6 is 11.8 Å². The summed E-state index contributed by atoms with van der Waals surface area (Å²) in [5.41, 5.74) is 5.95. The maximum atomic E-state index is 11.5. The van der Waals surface area contributed by atoms with Crippen molar-refractivity contribution in [3.05, 3.63) is 22.1 Å². The molecule has 0 saturated heterocycles. The zero-order valence-corrected chi connectivity index (χ0v) is 12.8. The fraction of sp³-hybridized carbons (Fsp3) is 0.615. The van der Waals surface area contributed by atoms with Crippen LogP contribution in [-0.2, 0) is 11.2 Å². The standard InChI is InChI=1S/C13H22N4O2S/c1-3-5-9-7-11(18)17-13(16-9)20-8-10(12(14)19)15-6-4-2/h7,10,15H,3-6,8H2,1-2H3,(H2,14,19)(H,16,17,18). The molecule has 1 amide bonds. The van der Waals surface area contributed by atoms with E-state index in [4.69, 9.17) is 5.73 Å². The zero-order valence-electron chi connectivity index (χ0n) is 11.9. The number of rotatable bonds is 9. The first-order valence-electron chi connectivity index (χ1n) is 6.82. The molecule has 0 fully saturated rings. The second-order valence-electron chi connectivity index (χ2n) is 4.51. The number of H-pyrrole nitrogens is 1. The van der Waals surface area contributed by atoms with Crippen LogP contribution in [0.15, 0.2) is 16.0 Å². The molecule has 1 aromatic rings. The number of hydrogen-bond acceptors (Lipinski definition) is 5. The highest BCUT2D eigenvalue weighted by molar-refractivity contribution is 7.99. The van der Waals surface area contributed by atoms with Crippen molar-refractivity contribution in [2.45, 2.75) is 44.3 Å². The van der Waals surface area contributed by atoms with Gasteiger partial charge in [-0.3, -0.25) is 9.59 Å². The summed E-state index contributed by atoms with van der Waals surface area (Å²) in [6, 6.07) is 1.09. The third-order valence-electron chi connectivity index (χ3n) is 2.65. The van der Waals surface area contributed by atoms with Gasteiger partial charge in [0.25, 0.3) is 5.56 Å². The lowest BCUT2D eigenvalue weighted by molar-refractivity contribution is -0.119. The van der Waals surface area contributed by atoms with Crippen molar-refractivity contribution in [1.82, 2.24) is 15.3 Å². The van der Waals surface area contributed by atoms with Crippen LogP contribution in [0.25, 0.3) is 0 Å². The molecule has 1 heterocycles. The molecular weight excluding hydrogens is 276 g/mol. The van der Waals surface area contributed by atoms with Crippen molar-refractivity contribution >= 4 is 17.7 Å². The Kier molecular flexibility index (Phi) is 7.32. The molecule has 6 nitrogen and oxygen atoms in total. The minimum absolute atomic E-state index is 0.164. The number of carbonyl (C=O) groups excluding carboxylic acids is 1. The van der Waals surface area contributed by atoms with Crippen LogP contribution in [0.1, 0.15) is 32.4 Å². The van der Waals surface area contributed by atoms with E-state index in [0.29, 0.717) is 10.9 Å². The van der Waals surface area contributed by atoms with E-state index in [1.807, 2.05) is 13.8 Å². The van der Waals surface area contributed by atoms with Crippen LogP contribution < -0.4 is 16.6 Å². The molecule has 0 aliphatic rings. The quantitative estimate of drug-likeness (QED) is 0.459. The van der Waals surface area contributed by atoms with Crippen molar-refractivity contribution in [2.24, 2.45) is 5.73 Å². The van der Waals surface area contributed by atoms with Gasteiger partial charge in [-0.2, -0.15) is 0 Å². The van der Waals surface area contributed by atoms with E-state index in [-0.39, 0.29) is 5.56 Å². The number of nitrogens with one attached hydrogen (secondary N) is 2. The summed E-state index contributed by atoms with van der Waals surface area (Å²) in [6.07, 6.45) is 2.63. The van der Waals surface area contributed by atoms with E-state index < -0.39 is 11.9 Å². The third kappa shape index (κ3) is 5.75. The first kappa shape index (κ1) is 16.7. The van der Waals surface area contributed by atoms with Crippen molar-refractivity contribution in [2.75, 3.05) is 12.3 Å². The number of hydrogen-bond donors (Lipinski definition) is 3. The Hall–Kier alpha value is -1.34. The van der Waals surface area contributed by atoms with E-state index in [2.05, 4.69) is 15.3 Å². The van der Waals surface area contributed by atoms with Crippen LogP contribution in [0.4, 0.5) is 0 Å². The van der Waals surface area contributed by atoms with Gasteiger partial charge in [-0.25, -0.2) is 4.98 Å². The Morgan fingerprint density at radius 3 is 2.85 bits per heavy atom. The van der Waals surface area contributed by atoms with E-state index in [1.165, 1.54) is 17.8 Å². The van der Waals surface area contributed by atoms with Gasteiger partial charge < -0.3 is 16.0 Å². The number of aromatic amines is 1. The zero-order chi connectivity index (χ0) is 15.0. The normalized spacial score (nSPS) is 12.3. The van der Waals surface area contributed by atoms with Gasteiger partial charge in [0, 0.05) is 17.5 Å². The summed E-state index contributed by atoms with van der Waals surface area (Å²) in [6.45, 7) is 4.78. The molecule has 20 heavy (non-hydrogen) atoms. The summed E-state index contributed by atoms with van der Waals surface area (Å²) in [4.78, 5) is 29.9. The number of primary amides is 1. The van der Waals surface area contributed by atoms with Crippen molar-refractivity contribution in [1.29, 1.82) is 0 Å². The molecular formula is C13H22N4O2S. The van der Waals surface area contributed by atoms with Gasteiger partial charge in [-0.05, 0) is 19.4 Å². The largest absolute Gasteiger partial charge is 0.368 e. The SMILES string of the molecule is CCCNC(CSc1nc(CCC)cc(=O)[nH]1)C(N)=O. The average Bonchev–Trinajstić information content (AvgIpc) is 2.38. The maximum absolute atomic E-state index is 11.5. The lowest BCUT2D eigenvalue weighted by Crippen LogP contribution is -2.43. The number of amides is 1. The van der Waals surface area contributed by atoms with Gasteiger partial charge in [0.2, 0.25) is 5.91 Å². The maximum Gasteiger partial charge on any atom is 0.251 e. The predicted molar refractivity (Wildman–Crippen MR) is 80.9 cm³/mol. The first-order valence-corrected chi connectivity index (χ1v) is 7.81. The second-order valence-corrected chi connectivity index (χ2v) is 5.52. The van der Waals surface area contributed by atoms with Gasteiger partial charge in [-0.1, -0.05) is 32.0 Å². The van der Waals surface area contributed by atoms with E-state index in [1.54, 1.807) is 0 Å². The first-order chi connectivity index (χ1) is 9.56. The third-order valence-corrected chi connectivity index (χ3v) is 3.62. The fourth-order valence-electron chi connectivity index (χ4n) is 1.66. The molecule has 7 heteroatoms. The molecule has 0 aliphatic heterocycles. The average molecular weight is 298 g/mol. The van der Waals surface area contributed by atoms with Crippen LogP contribution in [0.2, 0.25) is 0 Å². The fourth-order valence-corrected chi connectivity index (χ4v) is 2.62. The Morgan fingerprint density at radius 1 is 1.50 bits per heavy atom. The lowest BCUT2D eigenvalue weighted by Gasteiger charge is -2.14. The van der Waals surface area contributed by atoms with Crippen molar-refractivity contribution in [3.8, 4) is 0 Å². The Bertz CT molecular complexity index is 490. The summed E-state index contributed by atoms with van der Waals surface area (Å²) in [5, 5.41) is 3.61. The van der Waals surface area contributed by atoms with Crippen LogP contribution in [0.5, 0.6) is 0 Å². The summed E-state index contributed by atoms with van der Waals surface area (Å²) >= 11 is 1.33. The summed E-state index contributed by atoms with van der Waals surface area (Å²) in [7, 11) is 0. The highest BCUT2D eigenvalue weighted by Gasteiger charge is 2.15. The number of aryl methyl sites for hydroxylation is 1. The van der Waals surface area contributed by atoms with Gasteiger partial charge in [-0.15, -0.1) is 0 Å². The molecule has 0 radical (unpaired) electrons. The summed E-state index contributed by atoms with van der Waals surface area (Å²) < 4.78 is 0. The highest BCUT2D eigenvalue weighted by Crippen LogP contribution is 2.13. The Labute approximate surface area is 122 Å². The van der Waals surface area contributed by atoms with E-state index in [0.717, 1.165) is 31.5 Å². The number of carbonyl (C=O) groups is 1. The molecule has 1 rings (SSSR count). The highest BCUT2D eigenvalue weighted by atomic mass is 32.2. The van der Waals surface area contributed by atoms with Crippen molar-refractivity contribution in [3.63, 3.8) is 0 Å². The minimum atomic E-state index is -0.417.